The second-order valence-corrected chi connectivity index (χ2v) is 13.4. The number of anilines is 3. The molecule has 9 heteroatoms. The zero-order valence-corrected chi connectivity index (χ0v) is 25.8. The van der Waals surface area contributed by atoms with Crippen LogP contribution in [0.2, 0.25) is 5.02 Å². The fourth-order valence-corrected chi connectivity index (χ4v) is 5.81. The number of carbonyl (C=O) groups excluding carboxylic acids is 2. The van der Waals surface area contributed by atoms with Gasteiger partial charge in [-0.15, -0.1) is 0 Å². The van der Waals surface area contributed by atoms with Gasteiger partial charge in [0.1, 0.15) is 6.54 Å². The van der Waals surface area contributed by atoms with Crippen LogP contribution >= 0.6 is 11.6 Å². The molecular formula is C33H34ClN3O4S. The first-order valence-electron chi connectivity index (χ1n) is 13.4. The summed E-state index contributed by atoms with van der Waals surface area (Å²) in [7, 11) is -4.10. The SMILES string of the molecule is Cc1ccc(S(=O)(=O)N(CC(=O)Nc2cccc(NC(=O)c3ccc(C(C)(C)C)cc3)c2)c2ccc(C)c(Cl)c2)cc1. The highest BCUT2D eigenvalue weighted by Gasteiger charge is 2.28. The number of amides is 2. The fraction of sp³-hybridized carbons (Fsp3) is 0.212. The van der Waals surface area contributed by atoms with Gasteiger partial charge in [-0.1, -0.05) is 74.3 Å². The second-order valence-electron chi connectivity index (χ2n) is 11.2. The van der Waals surface area contributed by atoms with E-state index in [2.05, 4.69) is 31.4 Å². The number of carbonyl (C=O) groups is 2. The van der Waals surface area contributed by atoms with Crippen molar-refractivity contribution >= 4 is 50.5 Å². The molecule has 4 aromatic rings. The number of nitrogens with one attached hydrogen (secondary N) is 2. The Balaban J connectivity index is 1.53. The molecule has 0 aromatic heterocycles. The summed E-state index contributed by atoms with van der Waals surface area (Å²) in [6.45, 7) is 9.50. The minimum absolute atomic E-state index is 0.0255. The molecule has 0 saturated heterocycles. The molecule has 0 saturated carbocycles. The number of halogens is 1. The predicted octanol–water partition coefficient (Wildman–Crippen LogP) is 7.34. The molecule has 0 bridgehead atoms. The number of hydrogen-bond donors (Lipinski definition) is 2. The van der Waals surface area contributed by atoms with Crippen LogP contribution in [0.25, 0.3) is 0 Å². The van der Waals surface area contributed by atoms with E-state index in [1.54, 1.807) is 60.7 Å². The lowest BCUT2D eigenvalue weighted by molar-refractivity contribution is -0.114. The van der Waals surface area contributed by atoms with Crippen LogP contribution in [0.15, 0.2) is 95.9 Å². The minimum atomic E-state index is -4.10. The molecule has 7 nitrogen and oxygen atoms in total. The molecule has 218 valence electrons. The molecule has 42 heavy (non-hydrogen) atoms. The Morgan fingerprint density at radius 2 is 1.43 bits per heavy atom. The summed E-state index contributed by atoms with van der Waals surface area (Å²) in [5, 5.41) is 5.98. The van der Waals surface area contributed by atoms with E-state index in [9.17, 15) is 18.0 Å². The topological polar surface area (TPSA) is 95.6 Å². The van der Waals surface area contributed by atoms with E-state index < -0.39 is 22.5 Å². The number of hydrogen-bond acceptors (Lipinski definition) is 4. The van der Waals surface area contributed by atoms with Crippen molar-refractivity contribution in [2.45, 2.75) is 44.9 Å². The third-order valence-corrected chi connectivity index (χ3v) is 8.95. The van der Waals surface area contributed by atoms with Crippen LogP contribution < -0.4 is 14.9 Å². The zero-order chi connectivity index (χ0) is 30.7. The van der Waals surface area contributed by atoms with Crippen LogP contribution in [0.5, 0.6) is 0 Å². The van der Waals surface area contributed by atoms with Crippen molar-refractivity contribution < 1.29 is 18.0 Å². The first-order chi connectivity index (χ1) is 19.7. The van der Waals surface area contributed by atoms with Gasteiger partial charge in [-0.3, -0.25) is 13.9 Å². The predicted molar refractivity (Wildman–Crippen MR) is 170 cm³/mol. The largest absolute Gasteiger partial charge is 0.324 e. The standard InChI is InChI=1S/C33H34ClN3O4S/c1-22-9-17-29(18-10-22)42(40,41)37(28-16-11-23(2)30(34)20-28)21-31(38)35-26-7-6-8-27(19-26)36-32(39)24-12-14-25(15-13-24)33(3,4)5/h6-20H,21H2,1-5H3,(H,35,38)(H,36,39). The lowest BCUT2D eigenvalue weighted by Gasteiger charge is -2.24. The van der Waals surface area contributed by atoms with Crippen LogP contribution in [0.3, 0.4) is 0 Å². The molecule has 0 aliphatic heterocycles. The summed E-state index contributed by atoms with van der Waals surface area (Å²) in [5.41, 5.74) is 4.43. The zero-order valence-electron chi connectivity index (χ0n) is 24.2. The van der Waals surface area contributed by atoms with Crippen LogP contribution in [0.4, 0.5) is 17.1 Å². The van der Waals surface area contributed by atoms with E-state index in [-0.39, 0.29) is 21.9 Å². The van der Waals surface area contributed by atoms with Gasteiger partial charge in [-0.25, -0.2) is 8.42 Å². The van der Waals surface area contributed by atoms with Crippen molar-refractivity contribution in [1.82, 2.24) is 0 Å². The van der Waals surface area contributed by atoms with Crippen molar-refractivity contribution in [3.05, 3.63) is 118 Å². The van der Waals surface area contributed by atoms with Gasteiger partial charge in [0, 0.05) is 22.0 Å². The summed E-state index contributed by atoms with van der Waals surface area (Å²) in [4.78, 5) is 26.1. The Hall–Kier alpha value is -4.14. The van der Waals surface area contributed by atoms with Gasteiger partial charge in [0.05, 0.1) is 10.6 Å². The van der Waals surface area contributed by atoms with Crippen LogP contribution in [-0.2, 0) is 20.2 Å². The lowest BCUT2D eigenvalue weighted by atomic mass is 9.87. The molecule has 4 aromatic carbocycles. The quantitative estimate of drug-likeness (QED) is 0.220. The normalized spacial score (nSPS) is 11.6. The number of sulfonamides is 1. The van der Waals surface area contributed by atoms with Crippen LogP contribution in [-0.4, -0.2) is 26.8 Å². The van der Waals surface area contributed by atoms with Gasteiger partial charge >= 0.3 is 0 Å². The molecule has 0 radical (unpaired) electrons. The highest BCUT2D eigenvalue weighted by Crippen LogP contribution is 2.29. The smallest absolute Gasteiger partial charge is 0.264 e. The van der Waals surface area contributed by atoms with E-state index in [0.29, 0.717) is 22.0 Å². The second kappa shape index (κ2) is 12.4. The van der Waals surface area contributed by atoms with Crippen LogP contribution in [0.1, 0.15) is 47.8 Å². The van der Waals surface area contributed by atoms with Gasteiger partial charge in [0.2, 0.25) is 5.91 Å². The van der Waals surface area contributed by atoms with Gasteiger partial charge in [-0.05, 0) is 85.0 Å². The van der Waals surface area contributed by atoms with Gasteiger partial charge < -0.3 is 10.6 Å². The summed E-state index contributed by atoms with van der Waals surface area (Å²) in [5.74, 6) is -0.853. The number of aryl methyl sites for hydroxylation is 2. The average Bonchev–Trinajstić information content (AvgIpc) is 2.93. The van der Waals surface area contributed by atoms with Crippen molar-refractivity contribution in [3.8, 4) is 0 Å². The van der Waals surface area contributed by atoms with Gasteiger partial charge in [0.25, 0.3) is 15.9 Å². The average molecular weight is 604 g/mol. The summed E-state index contributed by atoms with van der Waals surface area (Å²) in [6.07, 6.45) is 0. The van der Waals surface area contributed by atoms with Crippen LogP contribution in [0, 0.1) is 13.8 Å². The van der Waals surface area contributed by atoms with Crippen molar-refractivity contribution in [2.24, 2.45) is 0 Å². The van der Waals surface area contributed by atoms with E-state index in [1.165, 1.54) is 18.2 Å². The van der Waals surface area contributed by atoms with E-state index in [4.69, 9.17) is 11.6 Å². The molecule has 0 spiro atoms. The number of nitrogens with zero attached hydrogens (tertiary/aromatic N) is 1. The number of rotatable bonds is 8. The number of benzene rings is 4. The third kappa shape index (κ3) is 7.38. The van der Waals surface area contributed by atoms with Gasteiger partial charge in [0.15, 0.2) is 0 Å². The molecule has 0 heterocycles. The van der Waals surface area contributed by atoms with Crippen molar-refractivity contribution in [3.63, 3.8) is 0 Å². The molecule has 2 N–H and O–H groups in total. The fourth-order valence-electron chi connectivity index (χ4n) is 4.22. The van der Waals surface area contributed by atoms with Gasteiger partial charge in [-0.2, -0.15) is 0 Å². The molecule has 0 aliphatic rings. The van der Waals surface area contributed by atoms with E-state index in [1.807, 2.05) is 26.0 Å². The summed E-state index contributed by atoms with van der Waals surface area (Å²) >= 11 is 6.32. The minimum Gasteiger partial charge on any atom is -0.324 e. The molecule has 0 unspecified atom stereocenters. The van der Waals surface area contributed by atoms with E-state index >= 15 is 0 Å². The summed E-state index contributed by atoms with van der Waals surface area (Å²) < 4.78 is 28.4. The maximum Gasteiger partial charge on any atom is 0.264 e. The monoisotopic (exact) mass is 603 g/mol. The Morgan fingerprint density at radius 3 is 2.02 bits per heavy atom. The Kier molecular flexibility index (Phi) is 9.09. The first kappa shape index (κ1) is 30.8. The van der Waals surface area contributed by atoms with E-state index in [0.717, 1.165) is 21.0 Å². The lowest BCUT2D eigenvalue weighted by Crippen LogP contribution is -2.38. The Bertz CT molecular complexity index is 1710. The summed E-state index contributed by atoms with van der Waals surface area (Å²) in [6, 6.07) is 25.4. The molecule has 4 rings (SSSR count). The third-order valence-electron chi connectivity index (χ3n) is 6.76. The highest BCUT2D eigenvalue weighted by atomic mass is 35.5. The maximum atomic E-state index is 13.7. The van der Waals surface area contributed by atoms with Crippen molar-refractivity contribution in [2.75, 3.05) is 21.5 Å². The maximum absolute atomic E-state index is 13.7. The molecular weight excluding hydrogens is 570 g/mol. The molecule has 0 atom stereocenters. The Labute approximate surface area is 252 Å². The Morgan fingerprint density at radius 1 is 0.810 bits per heavy atom. The molecule has 0 fully saturated rings. The first-order valence-corrected chi connectivity index (χ1v) is 15.2. The molecule has 2 amide bonds. The van der Waals surface area contributed by atoms with Crippen molar-refractivity contribution in [1.29, 1.82) is 0 Å². The highest BCUT2D eigenvalue weighted by molar-refractivity contribution is 7.92. The molecule has 0 aliphatic carbocycles.